The summed E-state index contributed by atoms with van der Waals surface area (Å²) in [7, 11) is 5.26. The zero-order valence-corrected chi connectivity index (χ0v) is 18.8. The van der Waals surface area contributed by atoms with E-state index in [1.807, 2.05) is 35.9 Å². The van der Waals surface area contributed by atoms with E-state index in [4.69, 9.17) is 11.6 Å². The number of nitrogens with one attached hydrogen (secondary N) is 2. The Morgan fingerprint density at radius 3 is 2.70 bits per heavy atom. The molecule has 170 valence electrons. The largest absolute Gasteiger partial charge is 0.356 e. The van der Waals surface area contributed by atoms with Crippen LogP contribution in [0.15, 0.2) is 41.3 Å². The summed E-state index contributed by atoms with van der Waals surface area (Å²) in [5, 5.41) is 15.5. The van der Waals surface area contributed by atoms with E-state index in [1.54, 1.807) is 24.7 Å². The van der Waals surface area contributed by atoms with Crippen LogP contribution in [0.4, 0.5) is 17.6 Å². The number of halogens is 1. The highest BCUT2D eigenvalue weighted by atomic mass is 35.5. The molecule has 12 heteroatoms. The molecule has 0 radical (unpaired) electrons. The van der Waals surface area contributed by atoms with E-state index in [9.17, 15) is 14.7 Å². The number of amides is 1. The lowest BCUT2D eigenvalue weighted by atomic mass is 10.2. The Bertz CT molecular complexity index is 1460. The molecule has 1 amide bonds. The van der Waals surface area contributed by atoms with E-state index < -0.39 is 12.0 Å². The minimum absolute atomic E-state index is 0.179. The van der Waals surface area contributed by atoms with Gasteiger partial charge >= 0.3 is 5.69 Å². The molecule has 0 saturated heterocycles. The van der Waals surface area contributed by atoms with Crippen LogP contribution in [-0.4, -0.2) is 53.4 Å². The molecule has 5 rings (SSSR count). The van der Waals surface area contributed by atoms with E-state index in [1.165, 1.54) is 16.0 Å². The number of H-pyrrole nitrogens is 1. The summed E-state index contributed by atoms with van der Waals surface area (Å²) in [6.07, 6.45) is 0.152. The molecule has 1 aliphatic rings. The predicted molar refractivity (Wildman–Crippen MR) is 124 cm³/mol. The summed E-state index contributed by atoms with van der Waals surface area (Å²) in [6, 6.07) is 9.12. The highest BCUT2D eigenvalue weighted by Crippen LogP contribution is 2.33. The van der Waals surface area contributed by atoms with Gasteiger partial charge in [-0.15, -0.1) is 0 Å². The van der Waals surface area contributed by atoms with Crippen molar-refractivity contribution in [2.75, 3.05) is 17.3 Å². The van der Waals surface area contributed by atoms with Crippen molar-refractivity contribution in [1.29, 1.82) is 0 Å². The van der Waals surface area contributed by atoms with Gasteiger partial charge < -0.3 is 24.5 Å². The number of carbonyl (C=O) groups is 1. The number of aliphatic hydroxyl groups excluding tert-OH is 1. The van der Waals surface area contributed by atoms with Crippen LogP contribution in [0.25, 0.3) is 10.9 Å². The van der Waals surface area contributed by atoms with Crippen molar-refractivity contribution in [1.82, 2.24) is 29.0 Å². The van der Waals surface area contributed by atoms with Gasteiger partial charge in [-0.05, 0) is 30.3 Å². The minimum Gasteiger partial charge on any atom is -0.356 e. The third kappa shape index (κ3) is 3.41. The van der Waals surface area contributed by atoms with Crippen molar-refractivity contribution in [3.63, 3.8) is 0 Å². The van der Waals surface area contributed by atoms with Gasteiger partial charge in [0.1, 0.15) is 5.82 Å². The number of nitrogens with zero attached hydrogens (tertiary/aromatic N) is 6. The average molecular weight is 469 g/mol. The summed E-state index contributed by atoms with van der Waals surface area (Å²) >= 11 is 6.12. The molecule has 1 atom stereocenters. The van der Waals surface area contributed by atoms with E-state index in [2.05, 4.69) is 20.3 Å². The Morgan fingerprint density at radius 2 is 1.94 bits per heavy atom. The Kier molecular flexibility index (Phi) is 4.87. The third-order valence-corrected chi connectivity index (χ3v) is 6.09. The highest BCUT2D eigenvalue weighted by Gasteiger charge is 2.39. The van der Waals surface area contributed by atoms with E-state index in [0.29, 0.717) is 28.3 Å². The molecule has 0 saturated carbocycles. The summed E-state index contributed by atoms with van der Waals surface area (Å²) in [5.41, 5.74) is 1.61. The lowest BCUT2D eigenvalue weighted by Gasteiger charge is -2.38. The molecule has 4 heterocycles. The van der Waals surface area contributed by atoms with Gasteiger partial charge in [0.2, 0.25) is 12.3 Å². The van der Waals surface area contributed by atoms with Gasteiger partial charge in [0.05, 0.1) is 6.54 Å². The number of aliphatic hydroxyl groups is 1. The zero-order valence-electron chi connectivity index (χ0n) is 18.1. The fourth-order valence-electron chi connectivity index (χ4n) is 4.06. The number of aromatic nitrogens is 5. The maximum Gasteiger partial charge on any atom is 0.346 e. The van der Waals surface area contributed by atoms with Crippen LogP contribution < -0.4 is 15.9 Å². The SMILES string of the molecule is CN1c2nc(Nc3ccnc(=O)[nH]3)n(C)c2C(=O)N(Cc2cc3cc(Cl)ccc3n2C)C1O. The molecular weight excluding hydrogens is 448 g/mol. The number of aromatic amines is 1. The Morgan fingerprint density at radius 1 is 1.15 bits per heavy atom. The number of rotatable bonds is 4. The fourth-order valence-corrected chi connectivity index (χ4v) is 4.24. The Balaban J connectivity index is 1.50. The van der Waals surface area contributed by atoms with Crippen LogP contribution in [-0.2, 0) is 20.6 Å². The molecule has 11 nitrogen and oxygen atoms in total. The van der Waals surface area contributed by atoms with Gasteiger partial charge in [-0.1, -0.05) is 11.6 Å². The van der Waals surface area contributed by atoms with E-state index >= 15 is 0 Å². The van der Waals surface area contributed by atoms with Gasteiger partial charge in [-0.3, -0.25) is 14.7 Å². The maximum atomic E-state index is 13.5. The number of imidazole rings is 1. The number of hydrogen-bond acceptors (Lipinski definition) is 7. The topological polar surface area (TPSA) is 124 Å². The number of hydrogen-bond donors (Lipinski definition) is 3. The van der Waals surface area contributed by atoms with Gasteiger partial charge in [-0.2, -0.15) is 4.98 Å². The molecule has 1 aromatic carbocycles. The predicted octanol–water partition coefficient (Wildman–Crippen LogP) is 1.76. The molecule has 0 spiro atoms. The average Bonchev–Trinajstić information content (AvgIpc) is 3.26. The first-order valence-electron chi connectivity index (χ1n) is 10.1. The van der Waals surface area contributed by atoms with Gasteiger partial charge in [0.15, 0.2) is 11.5 Å². The normalized spacial score (nSPS) is 15.9. The molecule has 1 aliphatic heterocycles. The molecule has 33 heavy (non-hydrogen) atoms. The van der Waals surface area contributed by atoms with Crippen LogP contribution in [0.5, 0.6) is 0 Å². The molecule has 0 aliphatic carbocycles. The number of aryl methyl sites for hydroxylation is 1. The highest BCUT2D eigenvalue weighted by molar-refractivity contribution is 6.31. The van der Waals surface area contributed by atoms with E-state index in [0.717, 1.165) is 16.6 Å². The lowest BCUT2D eigenvalue weighted by molar-refractivity contribution is -0.00150. The summed E-state index contributed by atoms with van der Waals surface area (Å²) < 4.78 is 3.56. The van der Waals surface area contributed by atoms with Crippen LogP contribution in [0.2, 0.25) is 5.02 Å². The zero-order chi connectivity index (χ0) is 23.4. The minimum atomic E-state index is -1.21. The lowest BCUT2D eigenvalue weighted by Crippen LogP contribution is -2.54. The van der Waals surface area contributed by atoms with Crippen molar-refractivity contribution in [2.45, 2.75) is 12.9 Å². The van der Waals surface area contributed by atoms with Gasteiger partial charge in [-0.25, -0.2) is 9.78 Å². The molecule has 4 aromatic rings. The number of anilines is 3. The fraction of sp³-hybridized carbons (Fsp3) is 0.238. The first-order chi connectivity index (χ1) is 15.7. The van der Waals surface area contributed by atoms with Crippen molar-refractivity contribution in [2.24, 2.45) is 14.1 Å². The molecule has 0 bridgehead atoms. The van der Waals surface area contributed by atoms with Crippen molar-refractivity contribution in [3.8, 4) is 0 Å². The van der Waals surface area contributed by atoms with E-state index in [-0.39, 0.29) is 12.5 Å². The number of fused-ring (bicyclic) bond motifs is 2. The molecule has 3 N–H and O–H groups in total. The first-order valence-corrected chi connectivity index (χ1v) is 10.5. The number of benzene rings is 1. The molecule has 3 aromatic heterocycles. The smallest absolute Gasteiger partial charge is 0.346 e. The van der Waals surface area contributed by atoms with Crippen molar-refractivity contribution in [3.05, 3.63) is 63.4 Å². The van der Waals surface area contributed by atoms with Crippen LogP contribution in [0.1, 0.15) is 16.2 Å². The molecule has 1 unspecified atom stereocenters. The summed E-state index contributed by atoms with van der Waals surface area (Å²) in [6.45, 7) is 0.179. The Labute approximate surface area is 192 Å². The van der Waals surface area contributed by atoms with Crippen molar-refractivity contribution < 1.29 is 9.90 Å². The monoisotopic (exact) mass is 468 g/mol. The van der Waals surface area contributed by atoms with Crippen LogP contribution in [0.3, 0.4) is 0 Å². The second-order valence-corrected chi connectivity index (χ2v) is 8.30. The van der Waals surface area contributed by atoms with Crippen LogP contribution in [0, 0.1) is 0 Å². The third-order valence-electron chi connectivity index (χ3n) is 5.86. The second-order valence-electron chi connectivity index (χ2n) is 7.87. The van der Waals surface area contributed by atoms with Crippen LogP contribution >= 0.6 is 11.6 Å². The quantitative estimate of drug-likeness (QED) is 0.417. The molecular formula is C21H21ClN8O3. The van der Waals surface area contributed by atoms with Gasteiger partial charge in [0, 0.05) is 49.0 Å². The standard InChI is InChI=1S/C21H21ClN8O3/c1-27-13(9-11-8-12(22)4-5-14(11)27)10-30-18(31)16-17(29(3)21(30)33)26-19(28(16)2)24-15-6-7-23-20(32)25-15/h4-9,21,33H,10H2,1-3H3,(H2,23,24,25,26,32). The Hall–Kier alpha value is -3.83. The van der Waals surface area contributed by atoms with Gasteiger partial charge in [0.25, 0.3) is 5.91 Å². The summed E-state index contributed by atoms with van der Waals surface area (Å²) in [5.74, 6) is 0.664. The second kappa shape index (κ2) is 7.64. The van der Waals surface area contributed by atoms with Crippen molar-refractivity contribution >= 4 is 46.0 Å². The first kappa shape index (κ1) is 21.0. The maximum absolute atomic E-state index is 13.5. The molecule has 0 fully saturated rings. The number of carbonyl (C=O) groups excluding carboxylic acids is 1. The summed E-state index contributed by atoms with van der Waals surface area (Å²) in [4.78, 5) is 38.5.